The van der Waals surface area contributed by atoms with Crippen LogP contribution in [0.2, 0.25) is 0 Å². The number of fused-ring (bicyclic) bond motifs is 2. The van der Waals surface area contributed by atoms with Crippen molar-refractivity contribution in [2.75, 3.05) is 0 Å². The van der Waals surface area contributed by atoms with Gasteiger partial charge in [-0.05, 0) is 44.8 Å². The van der Waals surface area contributed by atoms with E-state index in [2.05, 4.69) is 0 Å². The minimum absolute atomic E-state index is 0. The summed E-state index contributed by atoms with van der Waals surface area (Å²) in [6.45, 7) is 0. The largest absolute Gasteiger partial charge is 1.00 e. The van der Waals surface area contributed by atoms with Gasteiger partial charge < -0.3 is 19.3 Å². The quantitative estimate of drug-likeness (QED) is 0.182. The van der Waals surface area contributed by atoms with Gasteiger partial charge in [0, 0.05) is 31.8 Å². The van der Waals surface area contributed by atoms with E-state index in [0.29, 0.717) is 42.8 Å². The molecule has 242 valence electrons. The molecule has 8 rings (SSSR count). The summed E-state index contributed by atoms with van der Waals surface area (Å²) in [5, 5.41) is 35.4. The van der Waals surface area contributed by atoms with Crippen LogP contribution in [-0.4, -0.2) is 0 Å². The van der Waals surface area contributed by atoms with Crippen LogP contribution in [-0.2, 0) is 9.13 Å². The predicted molar refractivity (Wildman–Crippen MR) is 205 cm³/mol. The van der Waals surface area contributed by atoms with Gasteiger partial charge in [-0.25, -0.2) is 0 Å². The van der Waals surface area contributed by atoms with Crippen molar-refractivity contribution < 1.29 is 78.5 Å². The molecule has 0 spiro atoms. The van der Waals surface area contributed by atoms with Gasteiger partial charge in [0.2, 0.25) is 0 Å². The van der Waals surface area contributed by atoms with Gasteiger partial charge in [0.25, 0.3) is 0 Å². The molecule has 0 saturated heterocycles. The molecule has 8 aromatic rings. The molecule has 0 aliphatic heterocycles. The standard InChI is InChI=1S/C44H32O4P2.2Na/c45-43-39(49(47,33-19-5-1-6-20-33)34-21-7-2-8-22-34)29-31-17-13-15-27-37(31)41(43)42-38-28-16-14-18-32(38)30-40(44(42)46)50(48,35-23-9-3-10-24-35)36-25-11-4-12-26-36;;/h1-30,45-46H;;/q;2*+1/p-2. The van der Waals surface area contributed by atoms with Crippen molar-refractivity contribution in [3.8, 4) is 22.6 Å². The normalized spacial score (nSPS) is 11.5. The molecule has 0 amide bonds. The van der Waals surface area contributed by atoms with Gasteiger partial charge in [0.15, 0.2) is 14.3 Å². The molecular weight excluding hydrogens is 700 g/mol. The first kappa shape index (κ1) is 38.1. The minimum Gasteiger partial charge on any atom is -0.872 e. The van der Waals surface area contributed by atoms with Crippen molar-refractivity contribution >= 4 is 67.7 Å². The molecule has 0 heterocycles. The van der Waals surface area contributed by atoms with E-state index in [1.807, 2.05) is 121 Å². The van der Waals surface area contributed by atoms with Crippen molar-refractivity contribution in [2.45, 2.75) is 0 Å². The predicted octanol–water partition coefficient (Wildman–Crippen LogP) is 1.09. The van der Waals surface area contributed by atoms with E-state index in [-0.39, 0.29) is 80.9 Å². The van der Waals surface area contributed by atoms with Crippen LogP contribution in [0.3, 0.4) is 0 Å². The Morgan fingerprint density at radius 2 is 0.596 bits per heavy atom. The Morgan fingerprint density at radius 1 is 0.346 bits per heavy atom. The minimum atomic E-state index is -3.75. The second-order valence-electron chi connectivity index (χ2n) is 12.2. The Kier molecular flexibility index (Phi) is 11.5. The average molecular weight is 731 g/mol. The first-order valence-corrected chi connectivity index (χ1v) is 19.7. The van der Waals surface area contributed by atoms with Gasteiger partial charge >= 0.3 is 59.1 Å². The number of rotatable bonds is 7. The number of benzene rings is 8. The molecule has 8 aromatic carbocycles. The van der Waals surface area contributed by atoms with Crippen molar-refractivity contribution in [2.24, 2.45) is 0 Å². The van der Waals surface area contributed by atoms with Crippen molar-refractivity contribution in [3.63, 3.8) is 0 Å². The summed E-state index contributed by atoms with van der Waals surface area (Å²) in [6, 6.07) is 54.4. The first-order chi connectivity index (χ1) is 24.4. The third-order valence-electron chi connectivity index (χ3n) is 9.37. The van der Waals surface area contributed by atoms with E-state index in [4.69, 9.17) is 0 Å². The van der Waals surface area contributed by atoms with Gasteiger partial charge in [-0.1, -0.05) is 181 Å². The van der Waals surface area contributed by atoms with Gasteiger partial charge in [0.05, 0.1) is 0 Å². The topological polar surface area (TPSA) is 80.3 Å². The zero-order valence-corrected chi connectivity index (χ0v) is 34.6. The van der Waals surface area contributed by atoms with Gasteiger partial charge in [-0.2, -0.15) is 0 Å². The van der Waals surface area contributed by atoms with E-state index in [1.54, 1.807) is 60.7 Å². The van der Waals surface area contributed by atoms with Crippen LogP contribution in [0.25, 0.3) is 32.7 Å². The maximum absolute atomic E-state index is 15.7. The van der Waals surface area contributed by atoms with Gasteiger partial charge in [0.1, 0.15) is 0 Å². The molecule has 52 heavy (non-hydrogen) atoms. The van der Waals surface area contributed by atoms with Crippen LogP contribution in [0.5, 0.6) is 11.5 Å². The molecule has 0 bridgehead atoms. The molecule has 0 atom stereocenters. The SMILES string of the molecule is O=P(c1ccccc1)(c1ccccc1)c1cc2ccccc2c(-c2c([O-])c(P(=O)(c3ccccc3)c3ccccc3)cc3ccccc23)c1[O-].[Na+].[Na+]. The second kappa shape index (κ2) is 15.7. The first-order valence-electron chi connectivity index (χ1n) is 16.3. The average Bonchev–Trinajstić information content (AvgIpc) is 3.18. The Balaban J connectivity index is 0.00000232. The fraction of sp³-hybridized carbons (Fsp3) is 0. The van der Waals surface area contributed by atoms with E-state index >= 15 is 19.3 Å². The van der Waals surface area contributed by atoms with Crippen LogP contribution in [0.4, 0.5) is 0 Å². The van der Waals surface area contributed by atoms with E-state index < -0.39 is 25.8 Å². The molecule has 0 N–H and O–H groups in total. The summed E-state index contributed by atoms with van der Waals surface area (Å²) in [6.07, 6.45) is 0. The monoisotopic (exact) mass is 730 g/mol. The van der Waals surface area contributed by atoms with Crippen molar-refractivity contribution in [1.29, 1.82) is 0 Å². The van der Waals surface area contributed by atoms with Crippen LogP contribution in [0.1, 0.15) is 0 Å². The van der Waals surface area contributed by atoms with Crippen LogP contribution in [0.15, 0.2) is 182 Å². The number of hydrogen-bond donors (Lipinski definition) is 0. The van der Waals surface area contributed by atoms with E-state index in [9.17, 15) is 0 Å². The molecular formula is C44H30Na2O4P2. The fourth-order valence-electron chi connectivity index (χ4n) is 7.00. The third kappa shape index (κ3) is 6.36. The molecule has 0 fully saturated rings. The molecule has 8 heteroatoms. The van der Waals surface area contributed by atoms with Crippen LogP contribution >= 0.6 is 14.3 Å². The maximum atomic E-state index is 15.7. The summed E-state index contributed by atoms with van der Waals surface area (Å²) in [4.78, 5) is 0. The van der Waals surface area contributed by atoms with Crippen LogP contribution in [0, 0.1) is 0 Å². The van der Waals surface area contributed by atoms with Crippen molar-refractivity contribution in [1.82, 2.24) is 0 Å². The van der Waals surface area contributed by atoms with E-state index in [1.165, 1.54) is 0 Å². The molecule has 0 aromatic heterocycles. The molecule has 0 aliphatic carbocycles. The van der Waals surface area contributed by atoms with Crippen molar-refractivity contribution in [3.05, 3.63) is 182 Å². The van der Waals surface area contributed by atoms with Gasteiger partial charge in [-0.3, -0.25) is 0 Å². The summed E-state index contributed by atoms with van der Waals surface area (Å²) in [7, 11) is -7.50. The molecule has 0 radical (unpaired) electrons. The maximum Gasteiger partial charge on any atom is 1.00 e. The smallest absolute Gasteiger partial charge is 0.872 e. The summed E-state index contributed by atoms with van der Waals surface area (Å²) in [5.74, 6) is -0.984. The van der Waals surface area contributed by atoms with Crippen LogP contribution < -0.4 is 101 Å². The Labute approximate surface area is 347 Å². The van der Waals surface area contributed by atoms with Gasteiger partial charge in [-0.15, -0.1) is 0 Å². The fourth-order valence-corrected chi connectivity index (χ4v) is 12.5. The number of hydrogen-bond acceptors (Lipinski definition) is 4. The van der Waals surface area contributed by atoms with E-state index in [0.717, 1.165) is 0 Å². The third-order valence-corrected chi connectivity index (χ3v) is 15.5. The zero-order chi connectivity index (χ0) is 34.3. The summed E-state index contributed by atoms with van der Waals surface area (Å²) in [5.41, 5.74) is 0.307. The Bertz CT molecular complexity index is 2350. The molecule has 4 nitrogen and oxygen atoms in total. The molecule has 0 saturated carbocycles. The summed E-state index contributed by atoms with van der Waals surface area (Å²) < 4.78 is 31.4. The Hall–Kier alpha value is -3.66. The summed E-state index contributed by atoms with van der Waals surface area (Å²) >= 11 is 0. The second-order valence-corrected chi connectivity index (χ2v) is 17.7. The molecule has 0 unspecified atom stereocenters. The molecule has 0 aliphatic rings. The Morgan fingerprint density at radius 3 is 0.885 bits per heavy atom. The zero-order valence-electron chi connectivity index (χ0n) is 28.8.